The summed E-state index contributed by atoms with van der Waals surface area (Å²) in [5.74, 6) is -0.405. The number of likely N-dealkylation sites (tertiary alicyclic amines) is 1. The topological polar surface area (TPSA) is 44.8 Å². The molecule has 0 saturated carbocycles. The van der Waals surface area contributed by atoms with E-state index in [1.807, 2.05) is 4.90 Å². The number of hydrogen-bond acceptors (Lipinski definition) is 3. The van der Waals surface area contributed by atoms with Gasteiger partial charge < -0.3 is 15.0 Å². The van der Waals surface area contributed by atoms with Crippen LogP contribution in [0.4, 0.5) is 14.9 Å². The van der Waals surface area contributed by atoms with Gasteiger partial charge in [-0.3, -0.25) is 4.90 Å². The lowest BCUT2D eigenvalue weighted by Crippen LogP contribution is -2.51. The highest BCUT2D eigenvalue weighted by molar-refractivity contribution is 5.89. The molecule has 2 amide bonds. The normalized spacial score (nSPS) is 28.1. The monoisotopic (exact) mass is 335 g/mol. The van der Waals surface area contributed by atoms with Gasteiger partial charge in [0.05, 0.1) is 17.9 Å². The first-order valence-corrected chi connectivity index (χ1v) is 8.73. The molecule has 0 unspecified atom stereocenters. The molecule has 0 bridgehead atoms. The summed E-state index contributed by atoms with van der Waals surface area (Å²) in [5, 5.41) is 2.71. The maximum atomic E-state index is 13.7. The molecule has 6 heteroatoms. The van der Waals surface area contributed by atoms with E-state index >= 15 is 0 Å². The molecule has 3 rings (SSSR count). The Morgan fingerprint density at radius 2 is 2.00 bits per heavy atom. The molecule has 1 aromatic carbocycles. The number of nitrogens with zero attached hydrogens (tertiary/aromatic N) is 2. The van der Waals surface area contributed by atoms with Crippen LogP contribution in [0.3, 0.4) is 0 Å². The number of halogens is 1. The number of morpholine rings is 1. The van der Waals surface area contributed by atoms with Gasteiger partial charge in [-0.25, -0.2) is 9.18 Å². The molecule has 2 saturated heterocycles. The van der Waals surface area contributed by atoms with E-state index in [2.05, 4.69) is 24.1 Å². The Hall–Kier alpha value is -1.66. The first-order chi connectivity index (χ1) is 11.5. The Balaban J connectivity index is 1.60. The molecule has 1 aromatic rings. The maximum Gasteiger partial charge on any atom is 0.322 e. The van der Waals surface area contributed by atoms with Crippen LogP contribution in [0.2, 0.25) is 0 Å². The summed E-state index contributed by atoms with van der Waals surface area (Å²) in [6.07, 6.45) is 2.42. The Bertz CT molecular complexity index is 573. The minimum atomic E-state index is -0.405. The van der Waals surface area contributed by atoms with E-state index in [0.717, 1.165) is 39.0 Å². The number of hydrogen-bond donors (Lipinski definition) is 1. The number of carbonyl (C=O) groups is 1. The number of ether oxygens (including phenoxy) is 1. The van der Waals surface area contributed by atoms with Crippen molar-refractivity contribution in [3.8, 4) is 0 Å². The van der Waals surface area contributed by atoms with Gasteiger partial charge in [-0.15, -0.1) is 0 Å². The van der Waals surface area contributed by atoms with Gasteiger partial charge in [0, 0.05) is 32.2 Å². The van der Waals surface area contributed by atoms with Crippen LogP contribution in [0.5, 0.6) is 0 Å². The molecular weight excluding hydrogens is 309 g/mol. The van der Waals surface area contributed by atoms with E-state index in [-0.39, 0.29) is 30.0 Å². The summed E-state index contributed by atoms with van der Waals surface area (Å²) in [7, 11) is 0. The Morgan fingerprint density at radius 1 is 1.29 bits per heavy atom. The van der Waals surface area contributed by atoms with Crippen molar-refractivity contribution in [1.82, 2.24) is 9.80 Å². The number of amides is 2. The lowest BCUT2D eigenvalue weighted by Gasteiger charge is -2.38. The number of benzene rings is 1. The molecule has 1 N–H and O–H groups in total. The minimum Gasteiger partial charge on any atom is -0.373 e. The Labute approximate surface area is 142 Å². The van der Waals surface area contributed by atoms with E-state index in [1.54, 1.807) is 18.2 Å². The van der Waals surface area contributed by atoms with Gasteiger partial charge in [-0.2, -0.15) is 0 Å². The predicted octanol–water partition coefficient (Wildman–Crippen LogP) is 2.93. The van der Waals surface area contributed by atoms with Gasteiger partial charge in [0.2, 0.25) is 0 Å². The molecule has 2 fully saturated rings. The Kier molecular flexibility index (Phi) is 5.36. The molecule has 24 heavy (non-hydrogen) atoms. The molecule has 2 heterocycles. The molecule has 0 aliphatic carbocycles. The molecule has 5 nitrogen and oxygen atoms in total. The van der Waals surface area contributed by atoms with Crippen molar-refractivity contribution in [1.29, 1.82) is 0 Å². The van der Waals surface area contributed by atoms with Gasteiger partial charge in [0.25, 0.3) is 0 Å². The van der Waals surface area contributed by atoms with Crippen LogP contribution in [-0.2, 0) is 4.74 Å². The summed E-state index contributed by atoms with van der Waals surface area (Å²) >= 11 is 0. The van der Waals surface area contributed by atoms with Crippen LogP contribution >= 0.6 is 0 Å². The third kappa shape index (κ3) is 4.05. The second-order valence-corrected chi connectivity index (χ2v) is 6.88. The maximum absolute atomic E-state index is 13.7. The van der Waals surface area contributed by atoms with Crippen LogP contribution in [-0.4, -0.2) is 60.3 Å². The zero-order valence-corrected chi connectivity index (χ0v) is 14.4. The molecule has 132 valence electrons. The van der Waals surface area contributed by atoms with Crippen LogP contribution in [0.1, 0.15) is 26.7 Å². The highest BCUT2D eigenvalue weighted by Crippen LogP contribution is 2.22. The van der Waals surface area contributed by atoms with Crippen molar-refractivity contribution in [2.24, 2.45) is 0 Å². The number of carbonyl (C=O) groups excluding carboxylic acids is 1. The molecular formula is C18H26FN3O2. The fourth-order valence-corrected chi connectivity index (χ4v) is 3.77. The minimum absolute atomic E-state index is 0.175. The van der Waals surface area contributed by atoms with Crippen LogP contribution in [0.25, 0.3) is 0 Å². The zero-order chi connectivity index (χ0) is 17.1. The van der Waals surface area contributed by atoms with Gasteiger partial charge in [0.15, 0.2) is 0 Å². The van der Waals surface area contributed by atoms with Crippen molar-refractivity contribution in [3.63, 3.8) is 0 Å². The van der Waals surface area contributed by atoms with Crippen LogP contribution in [0.15, 0.2) is 24.3 Å². The van der Waals surface area contributed by atoms with Crippen molar-refractivity contribution in [2.45, 2.75) is 44.9 Å². The van der Waals surface area contributed by atoms with E-state index in [1.165, 1.54) is 6.07 Å². The fraction of sp³-hybridized carbons (Fsp3) is 0.611. The zero-order valence-electron chi connectivity index (χ0n) is 14.4. The first-order valence-electron chi connectivity index (χ1n) is 8.73. The first kappa shape index (κ1) is 17.2. The summed E-state index contributed by atoms with van der Waals surface area (Å²) in [6.45, 7) is 7.52. The van der Waals surface area contributed by atoms with Gasteiger partial charge >= 0.3 is 6.03 Å². The SMILES string of the molecule is C[C@@H]1CN(C[C@@H]2CCCN2C(=O)Nc2ccccc2F)C[C@H](C)O1. The summed E-state index contributed by atoms with van der Waals surface area (Å²) < 4.78 is 19.5. The Morgan fingerprint density at radius 3 is 2.71 bits per heavy atom. The lowest BCUT2D eigenvalue weighted by molar-refractivity contribution is -0.0712. The third-order valence-electron chi connectivity index (χ3n) is 4.72. The van der Waals surface area contributed by atoms with E-state index < -0.39 is 5.82 Å². The smallest absolute Gasteiger partial charge is 0.322 e. The molecule has 2 aliphatic rings. The summed E-state index contributed by atoms with van der Waals surface area (Å²) in [5.41, 5.74) is 0.238. The van der Waals surface area contributed by atoms with E-state index in [0.29, 0.717) is 0 Å². The number of rotatable bonds is 3. The largest absolute Gasteiger partial charge is 0.373 e. The second-order valence-electron chi connectivity index (χ2n) is 6.88. The van der Waals surface area contributed by atoms with Crippen LogP contribution in [0, 0.1) is 5.82 Å². The summed E-state index contributed by atoms with van der Waals surface area (Å²) in [4.78, 5) is 16.8. The molecule has 0 aromatic heterocycles. The van der Waals surface area contributed by atoms with Gasteiger partial charge in [-0.05, 0) is 38.8 Å². The predicted molar refractivity (Wildman–Crippen MR) is 91.6 cm³/mol. The lowest BCUT2D eigenvalue weighted by atomic mass is 10.1. The number of nitrogens with one attached hydrogen (secondary N) is 1. The molecule has 0 spiro atoms. The highest BCUT2D eigenvalue weighted by atomic mass is 19.1. The van der Waals surface area contributed by atoms with Gasteiger partial charge in [-0.1, -0.05) is 12.1 Å². The van der Waals surface area contributed by atoms with Crippen LogP contribution < -0.4 is 5.32 Å². The third-order valence-corrected chi connectivity index (χ3v) is 4.72. The van der Waals surface area contributed by atoms with Crippen molar-refractivity contribution >= 4 is 11.7 Å². The highest BCUT2D eigenvalue weighted by Gasteiger charge is 2.32. The average Bonchev–Trinajstić information content (AvgIpc) is 2.96. The quantitative estimate of drug-likeness (QED) is 0.924. The number of para-hydroxylation sites is 1. The van der Waals surface area contributed by atoms with Crippen molar-refractivity contribution in [3.05, 3.63) is 30.1 Å². The number of urea groups is 1. The number of anilines is 1. The van der Waals surface area contributed by atoms with Gasteiger partial charge in [0.1, 0.15) is 5.82 Å². The molecule has 2 aliphatic heterocycles. The average molecular weight is 335 g/mol. The fourth-order valence-electron chi connectivity index (χ4n) is 3.77. The molecule has 3 atom stereocenters. The van der Waals surface area contributed by atoms with Crippen molar-refractivity contribution in [2.75, 3.05) is 31.5 Å². The van der Waals surface area contributed by atoms with Crippen molar-refractivity contribution < 1.29 is 13.9 Å². The van der Waals surface area contributed by atoms with E-state index in [9.17, 15) is 9.18 Å². The molecule has 0 radical (unpaired) electrons. The standard InChI is InChI=1S/C18H26FN3O2/c1-13-10-21(11-14(2)24-13)12-15-6-5-9-22(15)18(23)20-17-8-4-3-7-16(17)19/h3-4,7-8,13-15H,5-6,9-12H2,1-2H3,(H,20,23)/t13-,14+,15-/m0/s1. The van der Waals surface area contributed by atoms with E-state index in [4.69, 9.17) is 4.74 Å². The summed E-state index contributed by atoms with van der Waals surface area (Å²) in [6, 6.07) is 6.24. The second kappa shape index (κ2) is 7.49.